The zero-order chi connectivity index (χ0) is 19.2. The summed E-state index contributed by atoms with van der Waals surface area (Å²) in [7, 11) is 0. The molecule has 0 amide bonds. The fourth-order valence-corrected chi connectivity index (χ4v) is 2.67. The number of aromatic hydroxyl groups is 1. The zero-order valence-corrected chi connectivity index (χ0v) is 15.6. The number of carboxylic acids is 1. The number of hydrogen-bond donors (Lipinski definition) is 2. The molecule has 2 N–H and O–H groups in total. The Bertz CT molecular complexity index is 700. The Balaban J connectivity index is 2.07. The van der Waals surface area contributed by atoms with Crippen molar-refractivity contribution in [1.82, 2.24) is 4.90 Å². The first kappa shape index (κ1) is 19.8. The van der Waals surface area contributed by atoms with Crippen molar-refractivity contribution in [2.24, 2.45) is 0 Å². The summed E-state index contributed by atoms with van der Waals surface area (Å²) in [4.78, 5) is 14.1. The molecule has 0 saturated carbocycles. The summed E-state index contributed by atoms with van der Waals surface area (Å²) in [5.41, 5.74) is -0.154. The lowest BCUT2D eigenvalue weighted by atomic mass is 10.0. The van der Waals surface area contributed by atoms with Crippen molar-refractivity contribution in [1.29, 1.82) is 0 Å². The van der Waals surface area contributed by atoms with E-state index in [1.807, 2.05) is 18.2 Å². The molecular weight excluding hydrogens is 330 g/mol. The number of hydrogen-bond acceptors (Lipinski definition) is 4. The number of benzene rings is 2. The van der Waals surface area contributed by atoms with Crippen molar-refractivity contribution in [2.75, 3.05) is 6.54 Å². The van der Waals surface area contributed by atoms with E-state index in [4.69, 9.17) is 4.74 Å². The lowest BCUT2D eigenvalue weighted by Crippen LogP contribution is -2.45. The van der Waals surface area contributed by atoms with Gasteiger partial charge in [0.2, 0.25) is 5.60 Å². The van der Waals surface area contributed by atoms with E-state index in [0.29, 0.717) is 18.7 Å². The Morgan fingerprint density at radius 2 is 1.73 bits per heavy atom. The minimum Gasteiger partial charge on any atom is -0.508 e. The van der Waals surface area contributed by atoms with E-state index in [2.05, 4.69) is 30.9 Å². The summed E-state index contributed by atoms with van der Waals surface area (Å²) in [5, 5.41) is 19.1. The molecule has 0 saturated heterocycles. The molecule has 0 radical (unpaired) electrons. The maximum atomic E-state index is 11.8. The SMILES string of the molecule is CC(C)N(CCC(C)(Oc1ccc(O)cc1)C(=O)O)Cc1ccccc1. The van der Waals surface area contributed by atoms with Gasteiger partial charge in [-0.15, -0.1) is 0 Å². The third-order valence-corrected chi connectivity index (χ3v) is 4.47. The van der Waals surface area contributed by atoms with Gasteiger partial charge >= 0.3 is 5.97 Å². The Morgan fingerprint density at radius 1 is 1.12 bits per heavy atom. The number of rotatable bonds is 9. The van der Waals surface area contributed by atoms with E-state index >= 15 is 0 Å². The van der Waals surface area contributed by atoms with Gasteiger partial charge in [0, 0.05) is 25.6 Å². The molecule has 2 aromatic carbocycles. The molecular formula is C21H27NO4. The first-order chi connectivity index (χ1) is 12.3. The number of carboxylic acid groups (broad SMARTS) is 1. The van der Waals surface area contributed by atoms with Crippen LogP contribution in [0.4, 0.5) is 0 Å². The normalized spacial score (nSPS) is 13.6. The van der Waals surface area contributed by atoms with Gasteiger partial charge in [-0.2, -0.15) is 0 Å². The summed E-state index contributed by atoms with van der Waals surface area (Å²) < 4.78 is 5.76. The highest BCUT2D eigenvalue weighted by atomic mass is 16.5. The number of ether oxygens (including phenoxy) is 1. The van der Waals surface area contributed by atoms with Gasteiger partial charge in [-0.25, -0.2) is 4.79 Å². The molecule has 26 heavy (non-hydrogen) atoms. The van der Waals surface area contributed by atoms with E-state index in [0.717, 1.165) is 6.54 Å². The maximum absolute atomic E-state index is 11.8. The van der Waals surface area contributed by atoms with Crippen LogP contribution >= 0.6 is 0 Å². The Morgan fingerprint density at radius 3 is 2.27 bits per heavy atom. The van der Waals surface area contributed by atoms with Gasteiger partial charge in [-0.1, -0.05) is 30.3 Å². The predicted octanol–water partition coefficient (Wildman–Crippen LogP) is 3.92. The Hall–Kier alpha value is -2.53. The van der Waals surface area contributed by atoms with Crippen LogP contribution in [-0.4, -0.2) is 39.3 Å². The second-order valence-corrected chi connectivity index (χ2v) is 6.93. The fourth-order valence-electron chi connectivity index (χ4n) is 2.67. The zero-order valence-electron chi connectivity index (χ0n) is 15.6. The monoisotopic (exact) mass is 357 g/mol. The lowest BCUT2D eigenvalue weighted by Gasteiger charge is -2.32. The van der Waals surface area contributed by atoms with Crippen LogP contribution in [0.5, 0.6) is 11.5 Å². The molecule has 0 aliphatic heterocycles. The van der Waals surface area contributed by atoms with E-state index in [-0.39, 0.29) is 11.8 Å². The second-order valence-electron chi connectivity index (χ2n) is 6.93. The van der Waals surface area contributed by atoms with Crippen LogP contribution in [-0.2, 0) is 11.3 Å². The molecule has 0 heterocycles. The van der Waals surface area contributed by atoms with Crippen molar-refractivity contribution >= 4 is 5.97 Å². The molecule has 0 fully saturated rings. The van der Waals surface area contributed by atoms with Gasteiger partial charge in [0.1, 0.15) is 11.5 Å². The molecule has 1 unspecified atom stereocenters. The van der Waals surface area contributed by atoms with Crippen LogP contribution in [0.1, 0.15) is 32.8 Å². The Kier molecular flexibility index (Phi) is 6.64. The topological polar surface area (TPSA) is 70.0 Å². The highest BCUT2D eigenvalue weighted by Crippen LogP contribution is 2.25. The standard InChI is InChI=1S/C21H27NO4/c1-16(2)22(15-17-7-5-4-6-8-17)14-13-21(3,20(24)25)26-19-11-9-18(23)10-12-19/h4-12,16,23H,13-15H2,1-3H3,(H,24,25). The first-order valence-corrected chi connectivity index (χ1v) is 8.79. The number of nitrogens with zero attached hydrogens (tertiary/aromatic N) is 1. The quantitative estimate of drug-likeness (QED) is 0.712. The summed E-state index contributed by atoms with van der Waals surface area (Å²) in [6.07, 6.45) is 0.341. The maximum Gasteiger partial charge on any atom is 0.347 e. The minimum absolute atomic E-state index is 0.114. The minimum atomic E-state index is -1.35. The van der Waals surface area contributed by atoms with Gasteiger partial charge in [0.25, 0.3) is 0 Å². The molecule has 0 aliphatic carbocycles. The van der Waals surface area contributed by atoms with E-state index in [9.17, 15) is 15.0 Å². The molecule has 140 valence electrons. The van der Waals surface area contributed by atoms with E-state index in [1.54, 1.807) is 19.1 Å². The van der Waals surface area contributed by atoms with Crippen molar-refractivity contribution < 1.29 is 19.7 Å². The van der Waals surface area contributed by atoms with Crippen LogP contribution in [0.3, 0.4) is 0 Å². The molecule has 2 aromatic rings. The highest BCUT2D eigenvalue weighted by molar-refractivity contribution is 5.77. The van der Waals surface area contributed by atoms with Crippen molar-refractivity contribution in [3.05, 3.63) is 60.2 Å². The van der Waals surface area contributed by atoms with Crippen molar-refractivity contribution in [3.8, 4) is 11.5 Å². The van der Waals surface area contributed by atoms with Crippen LogP contribution in [0.2, 0.25) is 0 Å². The third kappa shape index (κ3) is 5.49. The molecule has 0 aromatic heterocycles. The fraction of sp³-hybridized carbons (Fsp3) is 0.381. The summed E-state index contributed by atoms with van der Waals surface area (Å²) in [6, 6.07) is 16.5. The second kappa shape index (κ2) is 8.72. The molecule has 0 aliphatic rings. The number of phenolic OH excluding ortho intramolecular Hbond substituents is 1. The summed E-state index contributed by atoms with van der Waals surface area (Å²) in [5.74, 6) is -0.468. The van der Waals surface area contributed by atoms with E-state index in [1.165, 1.54) is 17.7 Å². The Labute approximate surface area is 154 Å². The molecule has 1 atom stereocenters. The third-order valence-electron chi connectivity index (χ3n) is 4.47. The molecule has 5 heteroatoms. The van der Waals surface area contributed by atoms with Gasteiger partial charge < -0.3 is 14.9 Å². The van der Waals surface area contributed by atoms with Crippen LogP contribution in [0.15, 0.2) is 54.6 Å². The number of aliphatic carboxylic acids is 1. The number of phenols is 1. The van der Waals surface area contributed by atoms with Crippen LogP contribution in [0.25, 0.3) is 0 Å². The molecule has 2 rings (SSSR count). The van der Waals surface area contributed by atoms with Gasteiger partial charge in [0.15, 0.2) is 0 Å². The van der Waals surface area contributed by atoms with Crippen molar-refractivity contribution in [2.45, 2.75) is 45.4 Å². The molecule has 5 nitrogen and oxygen atoms in total. The van der Waals surface area contributed by atoms with Gasteiger partial charge in [-0.05, 0) is 50.6 Å². The van der Waals surface area contributed by atoms with E-state index < -0.39 is 11.6 Å². The largest absolute Gasteiger partial charge is 0.508 e. The van der Waals surface area contributed by atoms with Gasteiger partial charge in [-0.3, -0.25) is 4.90 Å². The van der Waals surface area contributed by atoms with Gasteiger partial charge in [0.05, 0.1) is 0 Å². The highest BCUT2D eigenvalue weighted by Gasteiger charge is 2.36. The average molecular weight is 357 g/mol. The summed E-state index contributed by atoms with van der Waals surface area (Å²) >= 11 is 0. The molecule has 0 bridgehead atoms. The van der Waals surface area contributed by atoms with Crippen LogP contribution < -0.4 is 4.74 Å². The lowest BCUT2D eigenvalue weighted by molar-refractivity contribution is -0.154. The van der Waals surface area contributed by atoms with Crippen LogP contribution in [0, 0.1) is 0 Å². The first-order valence-electron chi connectivity index (χ1n) is 8.79. The van der Waals surface area contributed by atoms with Crippen molar-refractivity contribution in [3.63, 3.8) is 0 Å². The smallest absolute Gasteiger partial charge is 0.347 e. The summed E-state index contributed by atoms with van der Waals surface area (Å²) in [6.45, 7) is 7.13. The average Bonchev–Trinajstić information content (AvgIpc) is 2.61. The predicted molar refractivity (Wildman–Crippen MR) is 101 cm³/mol. The number of carbonyl (C=O) groups is 1. The molecule has 0 spiro atoms.